The molecule has 6 aromatic rings. The Kier molecular flexibility index (Phi) is 21.9. The van der Waals surface area contributed by atoms with Gasteiger partial charge in [0.2, 0.25) is 11.8 Å². The van der Waals surface area contributed by atoms with Crippen molar-refractivity contribution in [2.45, 2.75) is 70.1 Å². The van der Waals surface area contributed by atoms with Crippen LogP contribution < -0.4 is 32.4 Å². The first-order valence-corrected chi connectivity index (χ1v) is 29.4. The average molecular weight is 1220 g/mol. The molecule has 6 atom stereocenters. The van der Waals surface area contributed by atoms with Crippen molar-refractivity contribution >= 4 is 69.0 Å². The Hall–Kier alpha value is -8.10. The summed E-state index contributed by atoms with van der Waals surface area (Å²) < 4.78 is 81.6. The van der Waals surface area contributed by atoms with Crippen LogP contribution in [0.5, 0.6) is 5.75 Å². The molecule has 8 N–H and O–H groups in total. The van der Waals surface area contributed by atoms with E-state index >= 15 is 0 Å². The Balaban J connectivity index is 0.810. The van der Waals surface area contributed by atoms with Gasteiger partial charge >= 0.3 is 34.8 Å². The number of hydrogen-bond donors (Lipinski definition) is 7. The lowest BCUT2D eigenvalue weighted by Crippen LogP contribution is -2.31. The Morgan fingerprint density at radius 2 is 1.71 bits per heavy atom. The summed E-state index contributed by atoms with van der Waals surface area (Å²) in [5.74, 6) is 4.09. The molecule has 1 aliphatic rings. The number of azide groups is 2. The van der Waals surface area contributed by atoms with Crippen LogP contribution >= 0.6 is 23.5 Å². The summed E-state index contributed by atoms with van der Waals surface area (Å²) in [5.41, 5.74) is 25.2. The number of carbonyl (C=O) groups excluding carboxylic acids is 3. The molecule has 1 saturated heterocycles. The Morgan fingerprint density at radius 3 is 2.49 bits per heavy atom. The monoisotopic (exact) mass is 1220 g/mol. The quantitative estimate of drug-likeness (QED) is 0.00408. The summed E-state index contributed by atoms with van der Waals surface area (Å²) in [6, 6.07) is 18.3. The van der Waals surface area contributed by atoms with Gasteiger partial charge in [-0.2, -0.15) is 13.6 Å². The van der Waals surface area contributed by atoms with Gasteiger partial charge in [-0.15, -0.1) is 0 Å². The van der Waals surface area contributed by atoms with Crippen LogP contribution in [0.3, 0.4) is 0 Å². The van der Waals surface area contributed by atoms with Gasteiger partial charge in [-0.25, -0.2) is 28.3 Å². The summed E-state index contributed by atoms with van der Waals surface area (Å²) in [7, 11) is -17.1. The van der Waals surface area contributed by atoms with E-state index in [1.807, 2.05) is 19.1 Å². The van der Waals surface area contributed by atoms with Gasteiger partial charge < -0.3 is 63.7 Å². The largest absolute Gasteiger partial charge is 0.491 e. The predicted molar refractivity (Wildman–Crippen MR) is 291 cm³/mol. The zero-order valence-electron chi connectivity index (χ0n) is 43.9. The number of phosphoric acid groups is 3. The van der Waals surface area contributed by atoms with Gasteiger partial charge in [-0.05, 0) is 78.9 Å². The van der Waals surface area contributed by atoms with E-state index in [-0.39, 0.29) is 66.3 Å². The fourth-order valence-corrected chi connectivity index (χ4v) is 11.0. The molecule has 33 nitrogen and oxygen atoms in total. The number of carbonyl (C=O) groups is 3. The van der Waals surface area contributed by atoms with Crippen molar-refractivity contribution in [2.24, 2.45) is 10.2 Å². The minimum absolute atomic E-state index is 0.0433. The molecule has 2 amide bonds. The molecule has 84 heavy (non-hydrogen) atoms. The van der Waals surface area contributed by atoms with Crippen molar-refractivity contribution in [1.82, 2.24) is 25.2 Å². The third kappa shape index (κ3) is 18.7. The molecule has 0 spiro atoms. The van der Waals surface area contributed by atoms with Crippen LogP contribution in [0.4, 0.5) is 5.82 Å². The number of benzene rings is 3. The van der Waals surface area contributed by atoms with Crippen LogP contribution in [0.15, 0.2) is 102 Å². The van der Waals surface area contributed by atoms with Gasteiger partial charge in [0, 0.05) is 51.9 Å². The summed E-state index contributed by atoms with van der Waals surface area (Å²) in [6.07, 6.45) is -1.29. The number of ketones is 1. The number of nitrogens with one attached hydrogen (secondary N) is 2. The predicted octanol–water partition coefficient (Wildman–Crippen LogP) is 6.10. The highest BCUT2D eigenvalue weighted by molar-refractivity contribution is 7.66. The van der Waals surface area contributed by atoms with Crippen molar-refractivity contribution in [3.05, 3.63) is 137 Å². The molecule has 1 aliphatic heterocycles. The maximum Gasteiger partial charge on any atom is 0.490 e. The van der Waals surface area contributed by atoms with Crippen molar-refractivity contribution in [2.75, 3.05) is 45.4 Å². The Morgan fingerprint density at radius 1 is 0.917 bits per heavy atom. The van der Waals surface area contributed by atoms with Gasteiger partial charge in [0.05, 0.1) is 24.8 Å². The average Bonchev–Trinajstić information content (AvgIpc) is 3.71. The number of nitrogen functional groups attached to an aromatic ring is 1. The molecule has 4 heterocycles. The number of aromatic nitrogens is 3. The number of amides is 2. The molecule has 3 aromatic heterocycles. The zero-order valence-corrected chi connectivity index (χ0v) is 46.6. The second-order valence-corrected chi connectivity index (χ2v) is 22.4. The number of fused-ring (bicyclic) bond motifs is 2. The fraction of sp³-hybridized carbons (Fsp3) is 0.354. The Bertz CT molecular complexity index is 3870. The second kappa shape index (κ2) is 28.9. The van der Waals surface area contributed by atoms with E-state index in [0.717, 1.165) is 22.7 Å². The third-order valence-electron chi connectivity index (χ3n) is 11.8. The van der Waals surface area contributed by atoms with Crippen molar-refractivity contribution in [3.63, 3.8) is 0 Å². The fourth-order valence-electron chi connectivity index (χ4n) is 7.97. The smallest absolute Gasteiger partial charge is 0.490 e. The molecule has 444 valence electrons. The van der Waals surface area contributed by atoms with Crippen LogP contribution in [0.2, 0.25) is 0 Å². The lowest BCUT2D eigenvalue weighted by Gasteiger charge is -2.21. The number of oxazole rings is 1. The molecular weight excluding hydrogens is 1170 g/mol. The second-order valence-electron chi connectivity index (χ2n) is 18.0. The van der Waals surface area contributed by atoms with E-state index < -0.39 is 85.3 Å². The maximum atomic E-state index is 13.1. The highest BCUT2D eigenvalue weighted by Gasteiger charge is 2.44. The lowest BCUT2D eigenvalue weighted by molar-refractivity contribution is -0.127. The van der Waals surface area contributed by atoms with E-state index in [0.29, 0.717) is 59.0 Å². The number of Topliss-reactive ketones (excluding diaryl/α,β-unsaturated/α-hetero) is 1. The molecule has 0 aliphatic carbocycles. The number of rotatable bonds is 29. The molecular formula is C48H51N12O21P3. The van der Waals surface area contributed by atoms with E-state index in [9.17, 15) is 47.5 Å². The molecule has 7 rings (SSSR count). The summed E-state index contributed by atoms with van der Waals surface area (Å²) in [5, 5.41) is 12.8. The zero-order chi connectivity index (χ0) is 60.6. The van der Waals surface area contributed by atoms with Crippen LogP contribution in [0, 0.1) is 18.8 Å². The van der Waals surface area contributed by atoms with Crippen molar-refractivity contribution in [3.8, 4) is 29.0 Å². The van der Waals surface area contributed by atoms with Crippen molar-refractivity contribution in [1.29, 1.82) is 0 Å². The minimum atomic E-state index is -5.85. The highest BCUT2D eigenvalue weighted by atomic mass is 31.3. The van der Waals surface area contributed by atoms with E-state index in [1.54, 1.807) is 48.5 Å². The number of aryl methyl sites for hydroxylation is 1. The van der Waals surface area contributed by atoms with E-state index in [4.69, 9.17) is 54.4 Å². The molecule has 0 saturated carbocycles. The third-order valence-corrected chi connectivity index (χ3v) is 15.6. The number of unbranched alkanes of at least 4 members (excludes halogenated alkanes) is 3. The summed E-state index contributed by atoms with van der Waals surface area (Å²) >= 11 is 0. The molecule has 36 heteroatoms. The van der Waals surface area contributed by atoms with Crippen LogP contribution in [-0.4, -0.2) is 110 Å². The molecule has 1 fully saturated rings. The topological polar surface area (TPSA) is 487 Å². The number of ether oxygens (including phenoxy) is 4. The molecule has 0 radical (unpaired) electrons. The first-order valence-electron chi connectivity index (χ1n) is 24.8. The number of anilines is 1. The van der Waals surface area contributed by atoms with Gasteiger partial charge in [0.1, 0.15) is 60.5 Å². The first kappa shape index (κ1) is 63.5. The minimum Gasteiger partial charge on any atom is -0.491 e. The van der Waals surface area contributed by atoms with Gasteiger partial charge in [0.15, 0.2) is 17.6 Å². The highest BCUT2D eigenvalue weighted by Crippen LogP contribution is 2.66. The molecule has 4 unspecified atom stereocenters. The molecule has 3 aromatic carbocycles. The van der Waals surface area contributed by atoms with Gasteiger partial charge in [0.25, 0.3) is 5.91 Å². The van der Waals surface area contributed by atoms with Gasteiger partial charge in [-0.1, -0.05) is 59.2 Å². The first-order chi connectivity index (χ1) is 40.0. The standard InChI is InChI=1S/C48H51N12O21P3/c1-28-12-13-30-20-34(47(64)79-38(30)18-28)46-55-35-21-31(14-15-37(35)78-46)45(63)53-16-5-3-2-4-11-36(61)29-8-6-10-33(19-29)73-26-42(57-59-51)74-25-41(62)52-17-7-9-32-23-60(48(65)56-44(32)49)43-22-39(75-27-54-58-50)40(77-43)24-76-83(69,70)81-84(71,72)80-82(66,67)68/h6,8,10,12-15,18-21,23,39-40,42-43H,2-5,11,16-17,22,24-27H2,1H3,(H,52,62)(H,53,63)(H,69,70)(H,71,72)(H2,49,56,65)(H2,66,67,68)/t39?,40-,42?,43-/m1/s1. The van der Waals surface area contributed by atoms with Crippen LogP contribution in [-0.2, 0) is 45.8 Å². The van der Waals surface area contributed by atoms with Gasteiger partial charge in [-0.3, -0.25) is 23.5 Å². The number of phosphoric ester groups is 1. The van der Waals surface area contributed by atoms with E-state index in [1.165, 1.54) is 6.07 Å². The normalized spacial score (nSPS) is 16.7. The number of hydrogen-bond acceptors (Lipinski definition) is 22. The SMILES string of the molecule is Cc1ccc2cc(-c3nc4cc(C(=O)NCCCCCCC(=O)c5cccc(OCC(N=[N+]=[N-])OCC(=O)NCC#Cc6cn([C@H]7CC(OCN=[N+]=[N-])[C@@H](COP(=O)(O)OP(=O)(O)OP(=O)(O)O)O7)c(=O)nc6N)c5)ccc4o3)c(=O)oc2c1. The summed E-state index contributed by atoms with van der Waals surface area (Å²) in [6.45, 7) is -0.544. The number of nitrogens with zero attached hydrogens (tertiary/aromatic N) is 9. The Labute approximate surface area is 473 Å². The summed E-state index contributed by atoms with van der Waals surface area (Å²) in [4.78, 5) is 115. The molecule has 0 bridgehead atoms. The maximum absolute atomic E-state index is 13.1. The van der Waals surface area contributed by atoms with Crippen LogP contribution in [0.1, 0.15) is 76.6 Å². The van der Waals surface area contributed by atoms with Crippen molar-refractivity contribution < 1.29 is 88.6 Å². The lowest BCUT2D eigenvalue weighted by atomic mass is 10.0. The van der Waals surface area contributed by atoms with Crippen LogP contribution in [0.25, 0.3) is 54.4 Å². The number of nitrogens with two attached hydrogens (primary N) is 1. The van der Waals surface area contributed by atoms with E-state index in [2.05, 4.69) is 65.6 Å².